The number of allylic oxidation sites excluding steroid dienone is 1. The highest BCUT2D eigenvalue weighted by Crippen LogP contribution is 2.43. The van der Waals surface area contributed by atoms with Crippen LogP contribution in [0.1, 0.15) is 18.5 Å². The van der Waals surface area contributed by atoms with Crippen LogP contribution in [0.25, 0.3) is 11.4 Å². The number of fused-ring (bicyclic) bond motifs is 1. The number of primary amides is 1. The van der Waals surface area contributed by atoms with Crippen molar-refractivity contribution in [1.82, 2.24) is 14.8 Å². The fraction of sp³-hybridized carbons (Fsp3) is 0.227. The van der Waals surface area contributed by atoms with E-state index >= 15 is 0 Å². The first kappa shape index (κ1) is 20.3. The Morgan fingerprint density at radius 2 is 1.87 bits per heavy atom. The van der Waals surface area contributed by atoms with Gasteiger partial charge in [-0.3, -0.25) is 4.79 Å². The Morgan fingerprint density at radius 3 is 2.55 bits per heavy atom. The standard InChI is InChI=1S/C22H23N5O4/c1-12-17(20(23)28)18(15-9-6-10-16(30-3)19(15)31-4)27-22(24-12)25-21(26-27)13-7-5-8-14(11-13)29-2/h5-11,18H,1-4H3,(H2,23,28)(H,24,25,26)/t18-/m1/s1. The lowest BCUT2D eigenvalue weighted by atomic mass is 9.94. The molecule has 0 bridgehead atoms. The molecule has 2 heterocycles. The Kier molecular flexibility index (Phi) is 5.24. The zero-order valence-electron chi connectivity index (χ0n) is 17.7. The van der Waals surface area contributed by atoms with Crippen molar-refractivity contribution in [2.75, 3.05) is 26.6 Å². The fourth-order valence-corrected chi connectivity index (χ4v) is 3.77. The maximum Gasteiger partial charge on any atom is 0.248 e. The van der Waals surface area contributed by atoms with E-state index in [-0.39, 0.29) is 0 Å². The lowest BCUT2D eigenvalue weighted by molar-refractivity contribution is -0.115. The van der Waals surface area contributed by atoms with Crippen LogP contribution >= 0.6 is 0 Å². The maximum atomic E-state index is 12.4. The number of carbonyl (C=O) groups excluding carboxylic acids is 1. The van der Waals surface area contributed by atoms with Gasteiger partial charge in [0.25, 0.3) is 0 Å². The third-order valence-corrected chi connectivity index (χ3v) is 5.17. The van der Waals surface area contributed by atoms with E-state index in [9.17, 15) is 4.79 Å². The minimum Gasteiger partial charge on any atom is -0.497 e. The van der Waals surface area contributed by atoms with Crippen LogP contribution in [-0.4, -0.2) is 42.0 Å². The van der Waals surface area contributed by atoms with Crippen molar-refractivity contribution in [3.05, 3.63) is 59.3 Å². The number of ether oxygens (including phenoxy) is 3. The molecular weight excluding hydrogens is 398 g/mol. The van der Waals surface area contributed by atoms with E-state index in [4.69, 9.17) is 25.0 Å². The van der Waals surface area contributed by atoms with Crippen molar-refractivity contribution < 1.29 is 19.0 Å². The smallest absolute Gasteiger partial charge is 0.248 e. The summed E-state index contributed by atoms with van der Waals surface area (Å²) in [7, 11) is 4.71. The number of anilines is 1. The fourth-order valence-electron chi connectivity index (χ4n) is 3.77. The summed E-state index contributed by atoms with van der Waals surface area (Å²) in [6.45, 7) is 1.78. The number of aromatic nitrogens is 3. The van der Waals surface area contributed by atoms with Gasteiger partial charge in [-0.15, -0.1) is 5.10 Å². The summed E-state index contributed by atoms with van der Waals surface area (Å²) in [5.41, 5.74) is 8.19. The van der Waals surface area contributed by atoms with Crippen LogP contribution in [0.2, 0.25) is 0 Å². The minimum atomic E-state index is -0.648. The van der Waals surface area contributed by atoms with E-state index in [0.29, 0.717) is 45.9 Å². The van der Waals surface area contributed by atoms with Crippen LogP contribution in [-0.2, 0) is 4.79 Å². The van der Waals surface area contributed by atoms with Gasteiger partial charge in [0.2, 0.25) is 11.9 Å². The second kappa shape index (κ2) is 8.02. The number of benzene rings is 2. The molecule has 160 valence electrons. The zero-order valence-corrected chi connectivity index (χ0v) is 17.7. The summed E-state index contributed by atoms with van der Waals surface area (Å²) in [6.07, 6.45) is 0. The van der Waals surface area contributed by atoms with Gasteiger partial charge in [0.1, 0.15) is 11.8 Å². The molecule has 4 rings (SSSR count). The Hall–Kier alpha value is -4.01. The second-order valence-electron chi connectivity index (χ2n) is 6.95. The summed E-state index contributed by atoms with van der Waals surface area (Å²) >= 11 is 0. The molecule has 1 aliphatic rings. The van der Waals surface area contributed by atoms with Gasteiger partial charge >= 0.3 is 0 Å². The molecular formula is C22H23N5O4. The van der Waals surface area contributed by atoms with E-state index in [1.807, 2.05) is 36.4 Å². The Labute approximate surface area is 179 Å². The Balaban J connectivity index is 1.92. The monoisotopic (exact) mass is 421 g/mol. The average Bonchev–Trinajstić information content (AvgIpc) is 3.20. The minimum absolute atomic E-state index is 0.362. The quantitative estimate of drug-likeness (QED) is 0.629. The number of nitrogens with zero attached hydrogens (tertiary/aromatic N) is 3. The molecule has 0 fully saturated rings. The summed E-state index contributed by atoms with van der Waals surface area (Å²) in [4.78, 5) is 17.1. The molecule has 0 saturated carbocycles. The average molecular weight is 421 g/mol. The molecule has 0 unspecified atom stereocenters. The van der Waals surface area contributed by atoms with E-state index in [0.717, 1.165) is 5.56 Å². The van der Waals surface area contributed by atoms with Gasteiger partial charge in [-0.05, 0) is 25.1 Å². The Morgan fingerprint density at radius 1 is 1.10 bits per heavy atom. The molecule has 3 aromatic rings. The number of carbonyl (C=O) groups is 1. The van der Waals surface area contributed by atoms with Crippen LogP contribution in [0.15, 0.2) is 53.7 Å². The van der Waals surface area contributed by atoms with Crippen LogP contribution in [0.5, 0.6) is 17.2 Å². The molecule has 9 heteroatoms. The highest BCUT2D eigenvalue weighted by Gasteiger charge is 2.35. The van der Waals surface area contributed by atoms with Crippen LogP contribution in [0.4, 0.5) is 5.95 Å². The molecule has 0 aliphatic carbocycles. The molecule has 31 heavy (non-hydrogen) atoms. The van der Waals surface area contributed by atoms with Gasteiger partial charge in [0.15, 0.2) is 17.3 Å². The number of methoxy groups -OCH3 is 3. The Bertz CT molecular complexity index is 1180. The summed E-state index contributed by atoms with van der Waals surface area (Å²) in [5.74, 6) is 2.12. The largest absolute Gasteiger partial charge is 0.497 e. The number of nitrogens with two attached hydrogens (primary N) is 1. The number of hydrogen-bond donors (Lipinski definition) is 2. The molecule has 1 atom stereocenters. The van der Waals surface area contributed by atoms with Crippen molar-refractivity contribution in [1.29, 1.82) is 0 Å². The highest BCUT2D eigenvalue weighted by atomic mass is 16.5. The number of rotatable bonds is 6. The molecule has 1 aliphatic heterocycles. The third-order valence-electron chi connectivity index (χ3n) is 5.17. The van der Waals surface area contributed by atoms with Crippen LogP contribution in [0.3, 0.4) is 0 Å². The van der Waals surface area contributed by atoms with Crippen LogP contribution < -0.4 is 25.3 Å². The maximum absolute atomic E-state index is 12.4. The van der Waals surface area contributed by atoms with Gasteiger partial charge in [-0.1, -0.05) is 24.3 Å². The highest BCUT2D eigenvalue weighted by molar-refractivity contribution is 5.95. The van der Waals surface area contributed by atoms with Gasteiger partial charge < -0.3 is 25.3 Å². The molecule has 0 spiro atoms. The molecule has 0 radical (unpaired) electrons. The van der Waals surface area contributed by atoms with E-state index in [1.165, 1.54) is 0 Å². The van der Waals surface area contributed by atoms with Crippen molar-refractivity contribution in [2.24, 2.45) is 5.73 Å². The van der Waals surface area contributed by atoms with E-state index < -0.39 is 11.9 Å². The SMILES string of the molecule is COc1cccc(-c2nc3n(n2)[C@H](c2cccc(OC)c2OC)C(C(N)=O)=C(C)N3)c1. The first-order valence-corrected chi connectivity index (χ1v) is 9.58. The molecule has 9 nitrogen and oxygen atoms in total. The molecule has 2 aromatic carbocycles. The summed E-state index contributed by atoms with van der Waals surface area (Å²) in [6, 6.07) is 12.3. The topological polar surface area (TPSA) is 114 Å². The van der Waals surface area contributed by atoms with Crippen molar-refractivity contribution >= 4 is 11.9 Å². The van der Waals surface area contributed by atoms with Gasteiger partial charge in [0, 0.05) is 16.8 Å². The first-order chi connectivity index (χ1) is 15.0. The zero-order chi connectivity index (χ0) is 22.1. The predicted molar refractivity (Wildman–Crippen MR) is 115 cm³/mol. The van der Waals surface area contributed by atoms with Gasteiger partial charge in [-0.2, -0.15) is 4.98 Å². The number of amides is 1. The first-order valence-electron chi connectivity index (χ1n) is 9.58. The second-order valence-corrected chi connectivity index (χ2v) is 6.95. The van der Waals surface area contributed by atoms with Crippen molar-refractivity contribution in [3.63, 3.8) is 0 Å². The molecule has 1 amide bonds. The summed E-state index contributed by atoms with van der Waals surface area (Å²) < 4.78 is 18.0. The molecule has 1 aromatic heterocycles. The van der Waals surface area contributed by atoms with E-state index in [1.54, 1.807) is 39.0 Å². The lowest BCUT2D eigenvalue weighted by Crippen LogP contribution is -2.32. The molecule has 3 N–H and O–H groups in total. The van der Waals surface area contributed by atoms with E-state index in [2.05, 4.69) is 10.3 Å². The number of para-hydroxylation sites is 1. The number of hydrogen-bond acceptors (Lipinski definition) is 7. The number of nitrogens with one attached hydrogen (secondary N) is 1. The lowest BCUT2D eigenvalue weighted by Gasteiger charge is -2.29. The molecule has 0 saturated heterocycles. The van der Waals surface area contributed by atoms with Gasteiger partial charge in [-0.25, -0.2) is 4.68 Å². The summed E-state index contributed by atoms with van der Waals surface area (Å²) in [5, 5.41) is 7.84. The normalized spacial score (nSPS) is 15.2. The third kappa shape index (κ3) is 3.43. The van der Waals surface area contributed by atoms with Crippen molar-refractivity contribution in [3.8, 4) is 28.6 Å². The van der Waals surface area contributed by atoms with Crippen molar-refractivity contribution in [2.45, 2.75) is 13.0 Å². The predicted octanol–water partition coefficient (Wildman–Crippen LogP) is 2.75. The van der Waals surface area contributed by atoms with Crippen LogP contribution in [0, 0.1) is 0 Å². The van der Waals surface area contributed by atoms with Gasteiger partial charge in [0.05, 0.1) is 26.9 Å².